The lowest BCUT2D eigenvalue weighted by atomic mass is 10.0. The molecule has 2 fully saturated rings. The SMILES string of the molecule is O=C(N[C@H]1CCCNC1)C1CCN(c2ccc(F)c(F)c2)C1=O. The molecule has 2 atom stereocenters. The van der Waals surface area contributed by atoms with Gasteiger partial charge in [-0.3, -0.25) is 9.59 Å². The zero-order chi connectivity index (χ0) is 16.4. The molecule has 0 spiro atoms. The van der Waals surface area contributed by atoms with Gasteiger partial charge in [0.15, 0.2) is 11.6 Å². The molecule has 1 aromatic carbocycles. The molecule has 0 radical (unpaired) electrons. The summed E-state index contributed by atoms with van der Waals surface area (Å²) >= 11 is 0. The standard InChI is InChI=1S/C16H19F2N3O2/c17-13-4-3-11(8-14(13)18)21-7-5-12(16(21)23)15(22)20-10-2-1-6-19-9-10/h3-4,8,10,12,19H,1-2,5-7,9H2,(H,20,22)/t10-,12?/m0/s1. The van der Waals surface area contributed by atoms with Crippen molar-refractivity contribution < 1.29 is 18.4 Å². The van der Waals surface area contributed by atoms with Crippen molar-refractivity contribution >= 4 is 17.5 Å². The van der Waals surface area contributed by atoms with Crippen LogP contribution >= 0.6 is 0 Å². The number of nitrogens with zero attached hydrogens (tertiary/aromatic N) is 1. The zero-order valence-electron chi connectivity index (χ0n) is 12.6. The second-order valence-electron chi connectivity index (χ2n) is 5.98. The van der Waals surface area contributed by atoms with E-state index in [1.807, 2.05) is 0 Å². The summed E-state index contributed by atoms with van der Waals surface area (Å²) < 4.78 is 26.3. The van der Waals surface area contributed by atoms with E-state index in [-0.39, 0.29) is 23.5 Å². The first-order valence-corrected chi connectivity index (χ1v) is 7.84. The largest absolute Gasteiger partial charge is 0.351 e. The van der Waals surface area contributed by atoms with Gasteiger partial charge in [0.2, 0.25) is 11.8 Å². The monoisotopic (exact) mass is 323 g/mol. The van der Waals surface area contributed by atoms with E-state index in [2.05, 4.69) is 10.6 Å². The van der Waals surface area contributed by atoms with Crippen molar-refractivity contribution in [2.45, 2.75) is 25.3 Å². The Balaban J connectivity index is 1.65. The number of amides is 2. The number of halogens is 2. The number of anilines is 1. The van der Waals surface area contributed by atoms with Crippen LogP contribution in [0.2, 0.25) is 0 Å². The molecule has 1 unspecified atom stereocenters. The lowest BCUT2D eigenvalue weighted by molar-refractivity contribution is -0.132. The van der Waals surface area contributed by atoms with E-state index in [0.29, 0.717) is 19.5 Å². The maximum Gasteiger partial charge on any atom is 0.239 e. The third-order valence-electron chi connectivity index (χ3n) is 4.38. The predicted molar refractivity (Wildman–Crippen MR) is 80.9 cm³/mol. The number of benzene rings is 1. The predicted octanol–water partition coefficient (Wildman–Crippen LogP) is 1.19. The Kier molecular flexibility index (Phi) is 4.56. The van der Waals surface area contributed by atoms with E-state index >= 15 is 0 Å². The quantitative estimate of drug-likeness (QED) is 0.822. The van der Waals surface area contributed by atoms with Gasteiger partial charge in [-0.25, -0.2) is 8.78 Å². The van der Waals surface area contributed by atoms with E-state index in [9.17, 15) is 18.4 Å². The lowest BCUT2D eigenvalue weighted by Crippen LogP contribution is -2.48. The molecule has 124 valence electrons. The Bertz CT molecular complexity index is 617. The fourth-order valence-electron chi connectivity index (χ4n) is 3.11. The number of hydrogen-bond donors (Lipinski definition) is 2. The second kappa shape index (κ2) is 6.62. The first-order chi connectivity index (χ1) is 11.1. The normalized spacial score (nSPS) is 24.8. The Morgan fingerprint density at radius 3 is 2.78 bits per heavy atom. The molecular formula is C16H19F2N3O2. The molecule has 1 aromatic rings. The molecule has 2 heterocycles. The van der Waals surface area contributed by atoms with E-state index in [0.717, 1.165) is 31.5 Å². The summed E-state index contributed by atoms with van der Waals surface area (Å²) in [6.07, 6.45) is 2.26. The molecule has 2 N–H and O–H groups in total. The van der Waals surface area contributed by atoms with Gasteiger partial charge in [-0.05, 0) is 37.9 Å². The summed E-state index contributed by atoms with van der Waals surface area (Å²) in [5, 5.41) is 6.10. The van der Waals surface area contributed by atoms with Gasteiger partial charge in [0.25, 0.3) is 0 Å². The van der Waals surface area contributed by atoms with E-state index in [1.165, 1.54) is 11.0 Å². The molecule has 0 saturated carbocycles. The van der Waals surface area contributed by atoms with Crippen molar-refractivity contribution in [3.63, 3.8) is 0 Å². The summed E-state index contributed by atoms with van der Waals surface area (Å²) in [6, 6.07) is 3.36. The maximum atomic E-state index is 13.3. The van der Waals surface area contributed by atoms with Crippen LogP contribution in [0, 0.1) is 17.6 Å². The third-order valence-corrected chi connectivity index (χ3v) is 4.38. The average Bonchev–Trinajstić information content (AvgIpc) is 2.93. The molecule has 2 amide bonds. The highest BCUT2D eigenvalue weighted by molar-refractivity contribution is 6.09. The van der Waals surface area contributed by atoms with Crippen molar-refractivity contribution in [3.8, 4) is 0 Å². The minimum Gasteiger partial charge on any atom is -0.351 e. The summed E-state index contributed by atoms with van der Waals surface area (Å²) in [4.78, 5) is 26.1. The van der Waals surface area contributed by atoms with Crippen LogP contribution in [0.1, 0.15) is 19.3 Å². The van der Waals surface area contributed by atoms with Gasteiger partial charge in [0.05, 0.1) is 0 Å². The van der Waals surface area contributed by atoms with E-state index in [4.69, 9.17) is 0 Å². The summed E-state index contributed by atoms with van der Waals surface area (Å²) in [7, 11) is 0. The van der Waals surface area contributed by atoms with Crippen molar-refractivity contribution in [1.29, 1.82) is 0 Å². The van der Waals surface area contributed by atoms with E-state index < -0.39 is 17.6 Å². The van der Waals surface area contributed by atoms with Crippen LogP contribution in [-0.2, 0) is 9.59 Å². The fourth-order valence-corrected chi connectivity index (χ4v) is 3.11. The van der Waals surface area contributed by atoms with Crippen LogP contribution < -0.4 is 15.5 Å². The lowest BCUT2D eigenvalue weighted by Gasteiger charge is -2.25. The number of piperidine rings is 1. The summed E-state index contributed by atoms with van der Waals surface area (Å²) in [6.45, 7) is 1.98. The van der Waals surface area contributed by atoms with E-state index in [1.54, 1.807) is 0 Å². The fraction of sp³-hybridized carbons (Fsp3) is 0.500. The maximum absolute atomic E-state index is 13.3. The van der Waals surface area contributed by atoms with Crippen LogP contribution in [0.4, 0.5) is 14.5 Å². The number of hydrogen-bond acceptors (Lipinski definition) is 3. The minimum absolute atomic E-state index is 0.0429. The molecule has 2 aliphatic heterocycles. The van der Waals surface area contributed by atoms with Gasteiger partial charge in [-0.2, -0.15) is 0 Å². The Morgan fingerprint density at radius 1 is 1.26 bits per heavy atom. The number of nitrogens with one attached hydrogen (secondary N) is 2. The van der Waals surface area contributed by atoms with Gasteiger partial charge in [-0.1, -0.05) is 0 Å². The highest BCUT2D eigenvalue weighted by atomic mass is 19.2. The van der Waals surface area contributed by atoms with Gasteiger partial charge < -0.3 is 15.5 Å². The summed E-state index contributed by atoms with van der Waals surface area (Å²) in [5.74, 6) is -3.37. The Hall–Kier alpha value is -2.02. The van der Waals surface area contributed by atoms with Crippen LogP contribution in [0.5, 0.6) is 0 Å². The van der Waals surface area contributed by atoms with Crippen molar-refractivity contribution in [1.82, 2.24) is 10.6 Å². The molecule has 23 heavy (non-hydrogen) atoms. The minimum atomic E-state index is -1.00. The molecular weight excluding hydrogens is 304 g/mol. The first-order valence-electron chi connectivity index (χ1n) is 7.84. The molecule has 0 aromatic heterocycles. The van der Waals surface area contributed by atoms with Crippen molar-refractivity contribution in [3.05, 3.63) is 29.8 Å². The molecule has 7 heteroatoms. The Labute approximate surface area is 133 Å². The highest BCUT2D eigenvalue weighted by Gasteiger charge is 2.38. The first kappa shape index (κ1) is 15.9. The van der Waals surface area contributed by atoms with Crippen molar-refractivity contribution in [2.24, 2.45) is 5.92 Å². The number of carbonyl (C=O) groups excluding carboxylic acids is 2. The van der Waals surface area contributed by atoms with Crippen LogP contribution in [0.15, 0.2) is 18.2 Å². The van der Waals surface area contributed by atoms with Gasteiger partial charge in [0.1, 0.15) is 5.92 Å². The smallest absolute Gasteiger partial charge is 0.239 e. The van der Waals surface area contributed by atoms with Gasteiger partial charge >= 0.3 is 0 Å². The van der Waals surface area contributed by atoms with Crippen molar-refractivity contribution in [2.75, 3.05) is 24.5 Å². The molecule has 0 aliphatic carbocycles. The topological polar surface area (TPSA) is 61.4 Å². The molecule has 3 rings (SSSR count). The molecule has 0 bridgehead atoms. The summed E-state index contributed by atoms with van der Waals surface area (Å²) in [5.41, 5.74) is 0.281. The number of rotatable bonds is 3. The second-order valence-corrected chi connectivity index (χ2v) is 5.98. The van der Waals surface area contributed by atoms with Gasteiger partial charge in [0, 0.05) is 30.9 Å². The molecule has 5 nitrogen and oxygen atoms in total. The number of carbonyl (C=O) groups is 2. The average molecular weight is 323 g/mol. The highest BCUT2D eigenvalue weighted by Crippen LogP contribution is 2.26. The zero-order valence-corrected chi connectivity index (χ0v) is 12.6. The van der Waals surface area contributed by atoms with Crippen LogP contribution in [0.3, 0.4) is 0 Å². The molecule has 2 aliphatic rings. The van der Waals surface area contributed by atoms with Crippen LogP contribution in [-0.4, -0.2) is 37.5 Å². The molecule has 2 saturated heterocycles. The Morgan fingerprint density at radius 2 is 2.09 bits per heavy atom. The van der Waals surface area contributed by atoms with Gasteiger partial charge in [-0.15, -0.1) is 0 Å². The third kappa shape index (κ3) is 3.34. The van der Waals surface area contributed by atoms with Crippen LogP contribution in [0.25, 0.3) is 0 Å².